The van der Waals surface area contributed by atoms with E-state index in [1.165, 1.54) is 27.9 Å². The van der Waals surface area contributed by atoms with Crippen molar-refractivity contribution in [2.75, 3.05) is 5.32 Å². The van der Waals surface area contributed by atoms with E-state index in [0.717, 1.165) is 6.42 Å². The Balaban J connectivity index is 2.15. The van der Waals surface area contributed by atoms with E-state index in [4.69, 9.17) is 0 Å². The Morgan fingerprint density at radius 1 is 1.00 bits per heavy atom. The zero-order valence-electron chi connectivity index (χ0n) is 12.3. The molecule has 2 aromatic carbocycles. The second kappa shape index (κ2) is 5.92. The summed E-state index contributed by atoms with van der Waals surface area (Å²) in [4.78, 5) is 0. The summed E-state index contributed by atoms with van der Waals surface area (Å²) in [6.45, 7) is 8.72. The molecule has 2 rings (SSSR count). The Morgan fingerprint density at radius 2 is 1.68 bits per heavy atom. The fourth-order valence-electron chi connectivity index (χ4n) is 2.39. The lowest BCUT2D eigenvalue weighted by atomic mass is 10.00. The lowest BCUT2D eigenvalue weighted by molar-refractivity contribution is 0.872. The Labute approximate surface area is 116 Å². The summed E-state index contributed by atoms with van der Waals surface area (Å²) in [6, 6.07) is 15.7. The highest BCUT2D eigenvalue weighted by Crippen LogP contribution is 2.23. The first kappa shape index (κ1) is 13.7. The first-order chi connectivity index (χ1) is 9.10. The van der Waals surface area contributed by atoms with Crippen LogP contribution in [0.5, 0.6) is 0 Å². The van der Waals surface area contributed by atoms with Crippen molar-refractivity contribution in [3.63, 3.8) is 0 Å². The molecule has 1 heteroatoms. The van der Waals surface area contributed by atoms with Gasteiger partial charge >= 0.3 is 0 Å². The van der Waals surface area contributed by atoms with Gasteiger partial charge in [0.2, 0.25) is 0 Å². The second-order valence-corrected chi connectivity index (χ2v) is 5.28. The van der Waals surface area contributed by atoms with Crippen molar-refractivity contribution < 1.29 is 0 Å². The molecule has 0 spiro atoms. The summed E-state index contributed by atoms with van der Waals surface area (Å²) in [6.07, 6.45) is 1.09. The van der Waals surface area contributed by atoms with E-state index in [1.54, 1.807) is 0 Å². The smallest absolute Gasteiger partial charge is 0.0488 e. The molecule has 0 radical (unpaired) electrons. The topological polar surface area (TPSA) is 12.0 Å². The maximum absolute atomic E-state index is 3.58. The molecule has 2 aromatic rings. The third-order valence-electron chi connectivity index (χ3n) is 3.65. The van der Waals surface area contributed by atoms with Gasteiger partial charge in [0.25, 0.3) is 0 Å². The summed E-state index contributed by atoms with van der Waals surface area (Å²) >= 11 is 0. The fraction of sp³-hybridized carbons (Fsp3) is 0.333. The van der Waals surface area contributed by atoms with Crippen molar-refractivity contribution in [2.24, 2.45) is 0 Å². The van der Waals surface area contributed by atoms with Crippen molar-refractivity contribution in [2.45, 2.75) is 40.2 Å². The van der Waals surface area contributed by atoms with Gasteiger partial charge in [-0.25, -0.2) is 0 Å². The van der Waals surface area contributed by atoms with Crippen molar-refractivity contribution in [1.29, 1.82) is 0 Å². The Hall–Kier alpha value is -1.76. The fourth-order valence-corrected chi connectivity index (χ4v) is 2.39. The molecule has 0 heterocycles. The van der Waals surface area contributed by atoms with Gasteiger partial charge in [-0.2, -0.15) is 0 Å². The minimum absolute atomic E-state index is 0.326. The minimum atomic E-state index is 0.326. The lowest BCUT2D eigenvalue weighted by Gasteiger charge is -2.18. The molecule has 0 saturated carbocycles. The van der Waals surface area contributed by atoms with E-state index in [9.17, 15) is 0 Å². The number of aryl methyl sites for hydroxylation is 3. The van der Waals surface area contributed by atoms with Crippen LogP contribution in [0.3, 0.4) is 0 Å². The molecule has 19 heavy (non-hydrogen) atoms. The van der Waals surface area contributed by atoms with Crippen molar-refractivity contribution in [3.05, 3.63) is 64.7 Å². The second-order valence-electron chi connectivity index (χ2n) is 5.28. The number of benzene rings is 2. The maximum atomic E-state index is 3.58. The molecular formula is C18H23N. The highest BCUT2D eigenvalue weighted by atomic mass is 14.9. The van der Waals surface area contributed by atoms with E-state index in [1.807, 2.05) is 0 Å². The molecule has 0 amide bonds. The van der Waals surface area contributed by atoms with Crippen LogP contribution in [-0.2, 0) is 6.42 Å². The SMILES string of the molecule is CCc1ccc(NC(C)c2cc(C)ccc2C)cc1. The van der Waals surface area contributed by atoms with E-state index in [0.29, 0.717) is 6.04 Å². The molecule has 0 fully saturated rings. The predicted molar refractivity (Wildman–Crippen MR) is 83.8 cm³/mol. The lowest BCUT2D eigenvalue weighted by Crippen LogP contribution is -2.08. The van der Waals surface area contributed by atoms with Gasteiger partial charge in [0.15, 0.2) is 0 Å². The first-order valence-electron chi connectivity index (χ1n) is 7.02. The minimum Gasteiger partial charge on any atom is -0.379 e. The maximum Gasteiger partial charge on any atom is 0.0488 e. The molecule has 0 saturated heterocycles. The van der Waals surface area contributed by atoms with Crippen LogP contribution in [0.15, 0.2) is 42.5 Å². The van der Waals surface area contributed by atoms with Crippen LogP contribution in [0.1, 0.15) is 42.1 Å². The van der Waals surface area contributed by atoms with Crippen LogP contribution in [0.25, 0.3) is 0 Å². The van der Waals surface area contributed by atoms with E-state index in [-0.39, 0.29) is 0 Å². The Bertz CT molecular complexity index is 540. The third-order valence-corrected chi connectivity index (χ3v) is 3.65. The van der Waals surface area contributed by atoms with Crippen LogP contribution in [0.4, 0.5) is 5.69 Å². The van der Waals surface area contributed by atoms with Crippen LogP contribution >= 0.6 is 0 Å². The van der Waals surface area contributed by atoms with Crippen LogP contribution < -0.4 is 5.32 Å². The molecule has 100 valence electrons. The van der Waals surface area contributed by atoms with Gasteiger partial charge in [-0.1, -0.05) is 42.8 Å². The van der Waals surface area contributed by atoms with Gasteiger partial charge in [0.1, 0.15) is 0 Å². The van der Waals surface area contributed by atoms with Gasteiger partial charge < -0.3 is 5.32 Å². The van der Waals surface area contributed by atoms with Gasteiger partial charge in [-0.05, 0) is 56.0 Å². The largest absolute Gasteiger partial charge is 0.379 e. The first-order valence-corrected chi connectivity index (χ1v) is 7.02. The summed E-state index contributed by atoms with van der Waals surface area (Å²) < 4.78 is 0. The molecule has 1 atom stereocenters. The van der Waals surface area contributed by atoms with Gasteiger partial charge in [-0.3, -0.25) is 0 Å². The standard InChI is InChI=1S/C18H23N/c1-5-16-8-10-17(11-9-16)19-15(4)18-12-13(2)6-7-14(18)3/h6-12,15,19H,5H2,1-4H3. The van der Waals surface area contributed by atoms with Crippen molar-refractivity contribution in [3.8, 4) is 0 Å². The summed E-state index contributed by atoms with van der Waals surface area (Å²) in [5.74, 6) is 0. The zero-order valence-corrected chi connectivity index (χ0v) is 12.3. The molecule has 1 nitrogen and oxygen atoms in total. The van der Waals surface area contributed by atoms with Crippen LogP contribution in [-0.4, -0.2) is 0 Å². The van der Waals surface area contributed by atoms with Crippen molar-refractivity contribution in [1.82, 2.24) is 0 Å². The average molecular weight is 253 g/mol. The van der Waals surface area contributed by atoms with Crippen LogP contribution in [0.2, 0.25) is 0 Å². The van der Waals surface area contributed by atoms with E-state index < -0.39 is 0 Å². The van der Waals surface area contributed by atoms with Gasteiger partial charge in [0, 0.05) is 11.7 Å². The molecule has 0 bridgehead atoms. The van der Waals surface area contributed by atoms with Crippen molar-refractivity contribution >= 4 is 5.69 Å². The molecule has 1 unspecified atom stereocenters. The number of hydrogen-bond acceptors (Lipinski definition) is 1. The van der Waals surface area contributed by atoms with Crippen LogP contribution in [0, 0.1) is 13.8 Å². The zero-order chi connectivity index (χ0) is 13.8. The quantitative estimate of drug-likeness (QED) is 0.805. The molecule has 0 aliphatic carbocycles. The molecule has 1 N–H and O–H groups in total. The number of rotatable bonds is 4. The predicted octanol–water partition coefficient (Wildman–Crippen LogP) is 5.04. The highest BCUT2D eigenvalue weighted by Gasteiger charge is 2.08. The summed E-state index contributed by atoms with van der Waals surface area (Å²) in [5, 5.41) is 3.58. The highest BCUT2D eigenvalue weighted by molar-refractivity contribution is 5.47. The monoisotopic (exact) mass is 253 g/mol. The summed E-state index contributed by atoms with van der Waals surface area (Å²) in [7, 11) is 0. The third kappa shape index (κ3) is 3.37. The Morgan fingerprint density at radius 3 is 2.32 bits per heavy atom. The molecule has 0 aromatic heterocycles. The number of nitrogens with one attached hydrogen (secondary N) is 1. The average Bonchev–Trinajstić information content (AvgIpc) is 2.42. The number of anilines is 1. The normalized spacial score (nSPS) is 12.2. The molecular weight excluding hydrogens is 230 g/mol. The molecule has 0 aliphatic rings. The summed E-state index contributed by atoms with van der Waals surface area (Å²) in [5.41, 5.74) is 6.60. The Kier molecular flexibility index (Phi) is 4.26. The number of hydrogen-bond donors (Lipinski definition) is 1. The van der Waals surface area contributed by atoms with E-state index >= 15 is 0 Å². The molecule has 0 aliphatic heterocycles. The van der Waals surface area contributed by atoms with Gasteiger partial charge in [0.05, 0.1) is 0 Å². The van der Waals surface area contributed by atoms with E-state index in [2.05, 4.69) is 75.5 Å². The van der Waals surface area contributed by atoms with Gasteiger partial charge in [-0.15, -0.1) is 0 Å².